The first-order valence-corrected chi connectivity index (χ1v) is 6.51. The van der Waals surface area contributed by atoms with E-state index in [2.05, 4.69) is 28.6 Å². The monoisotopic (exact) mass is 272 g/mol. The van der Waals surface area contributed by atoms with Gasteiger partial charge in [0.25, 0.3) is 0 Å². The fourth-order valence-corrected chi connectivity index (χ4v) is 2.41. The van der Waals surface area contributed by atoms with Crippen molar-refractivity contribution >= 4 is 23.1 Å². The lowest BCUT2D eigenvalue weighted by molar-refractivity contribution is 0.239. The number of hydrogen-bond donors (Lipinski definition) is 1. The van der Waals surface area contributed by atoms with Gasteiger partial charge in [-0.2, -0.15) is 4.39 Å². The maximum atomic E-state index is 13.5. The Morgan fingerprint density at radius 2 is 2.28 bits per heavy atom. The molecule has 2 heterocycles. The van der Waals surface area contributed by atoms with Gasteiger partial charge in [-0.15, -0.1) is 0 Å². The summed E-state index contributed by atoms with van der Waals surface area (Å²) in [6.07, 6.45) is 0. The van der Waals surface area contributed by atoms with Gasteiger partial charge in [-0.05, 0) is 13.5 Å². The van der Waals surface area contributed by atoms with Crippen LogP contribution >= 0.6 is 11.6 Å². The number of nitrogens with two attached hydrogens (primary N) is 1. The number of aromatic nitrogens is 1. The largest absolute Gasteiger partial charge is 0.397 e. The first-order valence-electron chi connectivity index (χ1n) is 6.13. The quantitative estimate of drug-likeness (QED) is 0.837. The Hall–Kier alpha value is -1.07. The molecule has 1 atom stereocenters. The van der Waals surface area contributed by atoms with Gasteiger partial charge in [0, 0.05) is 31.7 Å². The normalized spacial score (nSPS) is 21.3. The summed E-state index contributed by atoms with van der Waals surface area (Å²) in [6, 6.07) is 1.93. The predicted molar refractivity (Wildman–Crippen MR) is 72.5 cm³/mol. The van der Waals surface area contributed by atoms with E-state index in [-0.39, 0.29) is 16.8 Å². The van der Waals surface area contributed by atoms with Crippen LogP contribution in [0.1, 0.15) is 13.8 Å². The van der Waals surface area contributed by atoms with E-state index in [1.165, 1.54) is 0 Å². The second-order valence-corrected chi connectivity index (χ2v) is 4.99. The van der Waals surface area contributed by atoms with E-state index in [4.69, 9.17) is 17.3 Å². The minimum Gasteiger partial charge on any atom is -0.397 e. The van der Waals surface area contributed by atoms with Crippen LogP contribution in [-0.2, 0) is 0 Å². The van der Waals surface area contributed by atoms with Gasteiger partial charge < -0.3 is 10.6 Å². The van der Waals surface area contributed by atoms with Gasteiger partial charge in [-0.3, -0.25) is 4.90 Å². The first kappa shape index (κ1) is 13.4. The average molecular weight is 273 g/mol. The molecule has 0 aliphatic carbocycles. The molecule has 0 amide bonds. The molecule has 2 N–H and O–H groups in total. The molecule has 0 spiro atoms. The van der Waals surface area contributed by atoms with Crippen LogP contribution in [-0.4, -0.2) is 42.1 Å². The Morgan fingerprint density at radius 3 is 2.83 bits per heavy atom. The molecule has 1 aromatic rings. The Labute approximate surface area is 112 Å². The van der Waals surface area contributed by atoms with Crippen LogP contribution < -0.4 is 10.6 Å². The molecule has 1 saturated heterocycles. The summed E-state index contributed by atoms with van der Waals surface area (Å²) in [5, 5.41) is -0.0985. The summed E-state index contributed by atoms with van der Waals surface area (Å²) >= 11 is 5.68. The zero-order valence-corrected chi connectivity index (χ0v) is 11.4. The van der Waals surface area contributed by atoms with Crippen molar-refractivity contribution in [3.63, 3.8) is 0 Å². The van der Waals surface area contributed by atoms with Crippen molar-refractivity contribution in [1.29, 1.82) is 0 Å². The minimum absolute atomic E-state index is 0.0985. The highest BCUT2D eigenvalue weighted by Gasteiger charge is 2.24. The average Bonchev–Trinajstić information content (AvgIpc) is 2.35. The molecule has 0 aromatic carbocycles. The van der Waals surface area contributed by atoms with Crippen molar-refractivity contribution in [1.82, 2.24) is 9.88 Å². The molecule has 0 bridgehead atoms. The number of piperazine rings is 1. The maximum absolute atomic E-state index is 13.5. The van der Waals surface area contributed by atoms with Gasteiger partial charge in [0.1, 0.15) is 10.8 Å². The molecule has 0 saturated carbocycles. The SMILES string of the molecule is CCN1CCN(c2cc(N)c(Cl)c(F)n2)[C@@H](C)C1. The van der Waals surface area contributed by atoms with Crippen LogP contribution in [0.4, 0.5) is 15.9 Å². The van der Waals surface area contributed by atoms with Gasteiger partial charge in [-0.25, -0.2) is 4.98 Å². The van der Waals surface area contributed by atoms with Crippen molar-refractivity contribution in [2.24, 2.45) is 0 Å². The van der Waals surface area contributed by atoms with E-state index in [0.29, 0.717) is 5.82 Å². The van der Waals surface area contributed by atoms with E-state index in [0.717, 1.165) is 26.2 Å². The molecule has 2 rings (SSSR count). The van der Waals surface area contributed by atoms with Crippen molar-refractivity contribution in [3.8, 4) is 0 Å². The lowest BCUT2D eigenvalue weighted by Gasteiger charge is -2.40. The molecule has 1 fully saturated rings. The third kappa shape index (κ3) is 2.52. The van der Waals surface area contributed by atoms with Crippen molar-refractivity contribution in [3.05, 3.63) is 17.0 Å². The molecule has 4 nitrogen and oxygen atoms in total. The van der Waals surface area contributed by atoms with E-state index in [9.17, 15) is 4.39 Å². The van der Waals surface area contributed by atoms with E-state index < -0.39 is 5.95 Å². The van der Waals surface area contributed by atoms with E-state index in [1.54, 1.807) is 6.07 Å². The lowest BCUT2D eigenvalue weighted by Crippen LogP contribution is -2.52. The third-order valence-electron chi connectivity index (χ3n) is 3.38. The smallest absolute Gasteiger partial charge is 0.235 e. The highest BCUT2D eigenvalue weighted by molar-refractivity contribution is 6.33. The number of likely N-dealkylation sites (N-methyl/N-ethyl adjacent to an activating group) is 1. The molecular weight excluding hydrogens is 255 g/mol. The Bertz CT molecular complexity index is 417. The fourth-order valence-electron chi connectivity index (χ4n) is 2.31. The Morgan fingerprint density at radius 1 is 1.56 bits per heavy atom. The van der Waals surface area contributed by atoms with Gasteiger partial charge >= 0.3 is 0 Å². The summed E-state index contributed by atoms with van der Waals surface area (Å²) in [5.74, 6) is -0.130. The van der Waals surface area contributed by atoms with E-state index >= 15 is 0 Å². The van der Waals surface area contributed by atoms with Crippen molar-refractivity contribution in [2.75, 3.05) is 36.8 Å². The van der Waals surface area contributed by atoms with Gasteiger partial charge in [-0.1, -0.05) is 18.5 Å². The van der Waals surface area contributed by atoms with Gasteiger partial charge in [0.05, 0.1) is 5.69 Å². The molecule has 1 aliphatic heterocycles. The number of rotatable bonds is 2. The van der Waals surface area contributed by atoms with Crippen LogP contribution in [0.25, 0.3) is 0 Å². The highest BCUT2D eigenvalue weighted by Crippen LogP contribution is 2.27. The number of hydrogen-bond acceptors (Lipinski definition) is 4. The van der Waals surface area contributed by atoms with Gasteiger partial charge in [0.15, 0.2) is 0 Å². The van der Waals surface area contributed by atoms with Crippen molar-refractivity contribution < 1.29 is 4.39 Å². The van der Waals surface area contributed by atoms with Crippen LogP contribution in [0, 0.1) is 5.95 Å². The fraction of sp³-hybridized carbons (Fsp3) is 0.583. The maximum Gasteiger partial charge on any atom is 0.235 e. The molecule has 100 valence electrons. The summed E-state index contributed by atoms with van der Waals surface area (Å²) in [4.78, 5) is 8.32. The Balaban J connectivity index is 2.22. The number of nitrogen functional groups attached to an aromatic ring is 1. The minimum atomic E-state index is -0.697. The summed E-state index contributed by atoms with van der Waals surface area (Å²) < 4.78 is 13.5. The molecule has 0 radical (unpaired) electrons. The lowest BCUT2D eigenvalue weighted by atomic mass is 10.2. The molecular formula is C12H18ClFN4. The molecule has 18 heavy (non-hydrogen) atoms. The van der Waals surface area contributed by atoms with Crippen LogP contribution in [0.2, 0.25) is 5.02 Å². The second kappa shape index (κ2) is 5.28. The predicted octanol–water partition coefficient (Wildman–Crippen LogP) is 1.99. The summed E-state index contributed by atoms with van der Waals surface area (Å²) in [6.45, 7) is 7.99. The topological polar surface area (TPSA) is 45.4 Å². The molecule has 0 unspecified atom stereocenters. The van der Waals surface area contributed by atoms with Crippen LogP contribution in [0.5, 0.6) is 0 Å². The number of halogens is 2. The van der Waals surface area contributed by atoms with E-state index in [1.807, 2.05) is 0 Å². The molecule has 6 heteroatoms. The molecule has 1 aliphatic rings. The van der Waals surface area contributed by atoms with Crippen LogP contribution in [0.3, 0.4) is 0 Å². The van der Waals surface area contributed by atoms with Crippen molar-refractivity contribution in [2.45, 2.75) is 19.9 Å². The summed E-state index contributed by atoms with van der Waals surface area (Å²) in [5.41, 5.74) is 5.92. The zero-order chi connectivity index (χ0) is 13.3. The molecule has 1 aromatic heterocycles. The summed E-state index contributed by atoms with van der Waals surface area (Å²) in [7, 11) is 0. The highest BCUT2D eigenvalue weighted by atomic mass is 35.5. The number of nitrogens with zero attached hydrogens (tertiary/aromatic N) is 3. The zero-order valence-electron chi connectivity index (χ0n) is 10.7. The van der Waals surface area contributed by atoms with Crippen LogP contribution in [0.15, 0.2) is 6.07 Å². The first-order chi connectivity index (χ1) is 8.52. The third-order valence-corrected chi connectivity index (χ3v) is 3.76. The number of anilines is 2. The second-order valence-electron chi connectivity index (χ2n) is 4.61. The number of pyridine rings is 1. The standard InChI is InChI=1S/C12H18ClFN4/c1-3-17-4-5-18(8(2)7-17)10-6-9(15)11(13)12(14)16-10/h6,8H,3-5,7H2,1-2H3,(H2,15,16)/t8-/m0/s1. The Kier molecular flexibility index (Phi) is 3.92. The van der Waals surface area contributed by atoms with Gasteiger partial charge in [0.2, 0.25) is 5.95 Å².